The van der Waals surface area contributed by atoms with Crippen LogP contribution >= 0.6 is 23.2 Å². The minimum absolute atomic E-state index is 0.0819. The van der Waals surface area contributed by atoms with Gasteiger partial charge in [0.2, 0.25) is 0 Å². The van der Waals surface area contributed by atoms with E-state index < -0.39 is 24.1 Å². The lowest BCUT2D eigenvalue weighted by molar-refractivity contribution is 0.0982. The number of urea groups is 1. The van der Waals surface area contributed by atoms with Crippen molar-refractivity contribution in [2.24, 2.45) is 10.9 Å². The first-order valence-electron chi connectivity index (χ1n) is 6.81. The number of imide groups is 1. The van der Waals surface area contributed by atoms with E-state index in [2.05, 4.69) is 11.1 Å². The molecule has 2 unspecified atom stereocenters. The Morgan fingerprint density at radius 1 is 1.48 bits per heavy atom. The molecule has 0 bridgehead atoms. The van der Waals surface area contributed by atoms with Crippen LogP contribution < -0.4 is 0 Å². The highest BCUT2D eigenvalue weighted by Gasteiger charge is 2.43. The van der Waals surface area contributed by atoms with Crippen LogP contribution in [0, 0.1) is 17.2 Å². The summed E-state index contributed by atoms with van der Waals surface area (Å²) in [5.74, 6) is -0.840. The fourth-order valence-electron chi connectivity index (χ4n) is 2.39. The highest BCUT2D eigenvalue weighted by molar-refractivity contribution is 6.42. The van der Waals surface area contributed by atoms with Crippen LogP contribution in [0.5, 0.6) is 0 Å². The molecule has 2 atom stereocenters. The number of amides is 3. The minimum atomic E-state index is -0.949. The monoisotopic (exact) mass is 353 g/mol. The van der Waals surface area contributed by atoms with E-state index in [-0.39, 0.29) is 16.7 Å². The number of carbonyl (C=O) groups excluding carboxylic acids is 2. The van der Waals surface area contributed by atoms with Gasteiger partial charge in [0.05, 0.1) is 28.8 Å². The van der Waals surface area contributed by atoms with Gasteiger partial charge in [0.15, 0.2) is 0 Å². The quantitative estimate of drug-likeness (QED) is 0.796. The fraction of sp³-hybridized carbons (Fsp3) is 0.333. The number of hydrogen-bond acceptors (Lipinski definition) is 4. The van der Waals surface area contributed by atoms with E-state index in [0.717, 1.165) is 4.90 Å². The molecule has 6 nitrogen and oxygen atoms in total. The minimum Gasteiger partial charge on any atom is -0.449 e. The standard InChI is InChI=1S/C15H13Cl2N3O3/c1-3-23-15(22)20-13(9-5-4-6-11(16)12(9)17)10(7-18)8(2)19-14(20)21/h4-6,10,13H,3H2,1-2H3. The molecule has 1 aromatic carbocycles. The number of nitriles is 1. The average Bonchev–Trinajstić information content (AvgIpc) is 2.49. The second-order valence-corrected chi connectivity index (χ2v) is 5.58. The van der Waals surface area contributed by atoms with Gasteiger partial charge in [0.25, 0.3) is 0 Å². The number of carbonyl (C=O) groups is 2. The fourth-order valence-corrected chi connectivity index (χ4v) is 2.81. The zero-order valence-electron chi connectivity index (χ0n) is 12.4. The third-order valence-electron chi connectivity index (χ3n) is 3.43. The predicted octanol–water partition coefficient (Wildman–Crippen LogP) is 4.23. The summed E-state index contributed by atoms with van der Waals surface area (Å²) in [6, 6.07) is 5.14. The Bertz CT molecular complexity index is 727. The molecule has 23 heavy (non-hydrogen) atoms. The molecule has 120 valence electrons. The Kier molecular flexibility index (Phi) is 5.24. The maximum atomic E-state index is 12.2. The van der Waals surface area contributed by atoms with Crippen LogP contribution in [-0.2, 0) is 4.74 Å². The predicted molar refractivity (Wildman–Crippen MR) is 85.7 cm³/mol. The van der Waals surface area contributed by atoms with Crippen molar-refractivity contribution >= 4 is 41.0 Å². The van der Waals surface area contributed by atoms with Gasteiger partial charge in [-0.1, -0.05) is 35.3 Å². The average molecular weight is 354 g/mol. The summed E-state index contributed by atoms with van der Waals surface area (Å²) in [5, 5.41) is 9.91. The molecule has 1 aromatic rings. The first-order valence-corrected chi connectivity index (χ1v) is 7.56. The van der Waals surface area contributed by atoms with Crippen molar-refractivity contribution in [2.45, 2.75) is 19.9 Å². The van der Waals surface area contributed by atoms with Crippen LogP contribution in [-0.4, -0.2) is 29.3 Å². The van der Waals surface area contributed by atoms with E-state index in [1.165, 1.54) is 0 Å². The van der Waals surface area contributed by atoms with E-state index in [4.69, 9.17) is 27.9 Å². The highest BCUT2D eigenvalue weighted by Crippen LogP contribution is 2.39. The first kappa shape index (κ1) is 17.3. The van der Waals surface area contributed by atoms with Crippen molar-refractivity contribution in [1.29, 1.82) is 5.26 Å². The molecule has 0 radical (unpaired) electrons. The van der Waals surface area contributed by atoms with Crippen molar-refractivity contribution in [3.8, 4) is 6.07 Å². The summed E-state index contributed by atoms with van der Waals surface area (Å²) < 4.78 is 4.91. The normalized spacial score (nSPS) is 20.7. The molecule has 0 aromatic heterocycles. The van der Waals surface area contributed by atoms with Crippen molar-refractivity contribution < 1.29 is 14.3 Å². The smallest absolute Gasteiger partial charge is 0.418 e. The van der Waals surface area contributed by atoms with E-state index >= 15 is 0 Å². The van der Waals surface area contributed by atoms with Gasteiger partial charge in [-0.05, 0) is 25.5 Å². The second-order valence-electron chi connectivity index (χ2n) is 4.80. The van der Waals surface area contributed by atoms with Crippen molar-refractivity contribution in [2.75, 3.05) is 6.61 Å². The Hall–Kier alpha value is -2.10. The zero-order chi connectivity index (χ0) is 17.1. The molecule has 0 saturated carbocycles. The second kappa shape index (κ2) is 6.99. The molecule has 1 heterocycles. The number of hydrogen-bond donors (Lipinski definition) is 0. The Balaban J connectivity index is 2.63. The summed E-state index contributed by atoms with van der Waals surface area (Å²) in [5.41, 5.74) is 0.695. The van der Waals surface area contributed by atoms with E-state index in [1.807, 2.05) is 0 Å². The number of ether oxygens (including phenoxy) is 1. The molecule has 1 aliphatic rings. The molecule has 0 saturated heterocycles. The molecule has 0 fully saturated rings. The van der Waals surface area contributed by atoms with E-state index in [0.29, 0.717) is 11.3 Å². The number of nitrogens with zero attached hydrogens (tertiary/aromatic N) is 3. The lowest BCUT2D eigenvalue weighted by Gasteiger charge is -2.35. The third-order valence-corrected chi connectivity index (χ3v) is 4.26. The Morgan fingerprint density at radius 2 is 2.17 bits per heavy atom. The zero-order valence-corrected chi connectivity index (χ0v) is 13.9. The molecular weight excluding hydrogens is 341 g/mol. The van der Waals surface area contributed by atoms with Crippen molar-refractivity contribution in [1.82, 2.24) is 4.90 Å². The van der Waals surface area contributed by atoms with Crippen molar-refractivity contribution in [3.05, 3.63) is 33.8 Å². The highest BCUT2D eigenvalue weighted by atomic mass is 35.5. The first-order chi connectivity index (χ1) is 10.9. The van der Waals surface area contributed by atoms with Gasteiger partial charge in [-0.2, -0.15) is 5.26 Å². The topological polar surface area (TPSA) is 82.8 Å². The van der Waals surface area contributed by atoms with Gasteiger partial charge in [-0.25, -0.2) is 19.5 Å². The summed E-state index contributed by atoms with van der Waals surface area (Å²) >= 11 is 12.2. The molecule has 0 N–H and O–H groups in total. The molecule has 0 spiro atoms. The van der Waals surface area contributed by atoms with Gasteiger partial charge >= 0.3 is 12.1 Å². The number of aliphatic imine (C=N–C) groups is 1. The SMILES string of the molecule is CCOC(=O)N1C(=O)N=C(C)C(C#N)C1c1cccc(Cl)c1Cl. The Morgan fingerprint density at radius 3 is 2.78 bits per heavy atom. The lowest BCUT2D eigenvalue weighted by Crippen LogP contribution is -2.47. The van der Waals surface area contributed by atoms with Gasteiger partial charge in [-0.15, -0.1) is 0 Å². The maximum absolute atomic E-state index is 12.2. The van der Waals surface area contributed by atoms with Gasteiger partial charge in [-0.3, -0.25) is 0 Å². The number of halogens is 2. The van der Waals surface area contributed by atoms with Crippen molar-refractivity contribution in [3.63, 3.8) is 0 Å². The van der Waals surface area contributed by atoms with Gasteiger partial charge in [0.1, 0.15) is 5.92 Å². The van der Waals surface area contributed by atoms with Crippen LogP contribution in [0.3, 0.4) is 0 Å². The summed E-state index contributed by atoms with van der Waals surface area (Å²) in [7, 11) is 0. The van der Waals surface area contributed by atoms with E-state index in [9.17, 15) is 14.9 Å². The molecule has 8 heteroatoms. The van der Waals surface area contributed by atoms with Gasteiger partial charge < -0.3 is 4.74 Å². The lowest BCUT2D eigenvalue weighted by atomic mass is 9.88. The molecule has 3 amide bonds. The summed E-state index contributed by atoms with van der Waals surface area (Å²) in [6.07, 6.45) is -0.880. The molecule has 2 rings (SSSR count). The Labute approximate surface area is 143 Å². The van der Waals surface area contributed by atoms with Crippen LogP contribution in [0.15, 0.2) is 23.2 Å². The van der Waals surface area contributed by atoms with Gasteiger partial charge in [0, 0.05) is 5.71 Å². The molecule has 0 aliphatic carbocycles. The summed E-state index contributed by atoms with van der Waals surface area (Å²) in [4.78, 5) is 29.0. The largest absolute Gasteiger partial charge is 0.449 e. The molecule has 1 aliphatic heterocycles. The molecular formula is C15H13Cl2N3O3. The number of benzene rings is 1. The van der Waals surface area contributed by atoms with Crippen LogP contribution in [0.25, 0.3) is 0 Å². The maximum Gasteiger partial charge on any atom is 0.418 e. The van der Waals surface area contributed by atoms with Crippen LogP contribution in [0.1, 0.15) is 25.5 Å². The summed E-state index contributed by atoms with van der Waals surface area (Å²) in [6.45, 7) is 3.25. The third kappa shape index (κ3) is 3.16. The van der Waals surface area contributed by atoms with E-state index in [1.54, 1.807) is 32.0 Å². The van der Waals surface area contributed by atoms with Crippen LogP contribution in [0.2, 0.25) is 10.0 Å². The van der Waals surface area contributed by atoms with Crippen LogP contribution in [0.4, 0.5) is 9.59 Å². The number of rotatable bonds is 2.